The number of benzene rings is 1. The van der Waals surface area contributed by atoms with Crippen molar-refractivity contribution in [3.05, 3.63) is 47.8 Å². The number of carbonyl (C=O) groups is 1. The second-order valence-corrected chi connectivity index (χ2v) is 6.03. The van der Waals surface area contributed by atoms with E-state index in [4.69, 9.17) is 9.47 Å². The molecule has 5 nitrogen and oxygen atoms in total. The minimum atomic E-state index is -0.945. The Labute approximate surface area is 148 Å². The highest BCUT2D eigenvalue weighted by Gasteiger charge is 2.16. The minimum absolute atomic E-state index is 0.216. The van der Waals surface area contributed by atoms with Gasteiger partial charge in [0, 0.05) is 17.6 Å². The van der Waals surface area contributed by atoms with Gasteiger partial charge >= 0.3 is 0 Å². The second-order valence-electron chi connectivity index (χ2n) is 5.18. The van der Waals surface area contributed by atoms with E-state index in [9.17, 15) is 13.6 Å². The molecular formula is C17H18F2N2O3S. The van der Waals surface area contributed by atoms with Gasteiger partial charge in [-0.2, -0.15) is 0 Å². The third kappa shape index (κ3) is 4.90. The largest absolute Gasteiger partial charge is 0.487 e. The number of ether oxygens (including phenoxy) is 2. The molecule has 0 spiro atoms. The number of thioether (sulfide) groups is 1. The SMILES string of the molecule is COCC(C)Oc1cc(C(=O)Nc2c(F)cncc2F)ccc1SC. The summed E-state index contributed by atoms with van der Waals surface area (Å²) in [5, 5.41) is 2.22. The number of carbonyl (C=O) groups excluding carboxylic acids is 1. The summed E-state index contributed by atoms with van der Waals surface area (Å²) in [6.45, 7) is 2.22. The maximum atomic E-state index is 13.6. The first-order valence-electron chi connectivity index (χ1n) is 7.40. The first-order chi connectivity index (χ1) is 12.0. The van der Waals surface area contributed by atoms with Crippen molar-refractivity contribution < 1.29 is 23.0 Å². The molecular weight excluding hydrogens is 350 g/mol. The molecule has 1 aromatic heterocycles. The van der Waals surface area contributed by atoms with Gasteiger partial charge < -0.3 is 14.8 Å². The van der Waals surface area contributed by atoms with Crippen LogP contribution in [0, 0.1) is 11.6 Å². The number of rotatable bonds is 7. The summed E-state index contributed by atoms with van der Waals surface area (Å²) in [5.41, 5.74) is -0.322. The summed E-state index contributed by atoms with van der Waals surface area (Å²) in [6, 6.07) is 4.81. The summed E-state index contributed by atoms with van der Waals surface area (Å²) in [6.07, 6.45) is 3.32. The van der Waals surface area contributed by atoms with Crippen molar-refractivity contribution in [2.75, 3.05) is 25.3 Å². The molecule has 1 aromatic carbocycles. The van der Waals surface area contributed by atoms with Gasteiger partial charge in [0.25, 0.3) is 5.91 Å². The van der Waals surface area contributed by atoms with Gasteiger partial charge in [0.15, 0.2) is 11.6 Å². The van der Waals surface area contributed by atoms with Crippen molar-refractivity contribution >= 4 is 23.4 Å². The van der Waals surface area contributed by atoms with Crippen LogP contribution in [0.2, 0.25) is 0 Å². The molecule has 1 N–H and O–H groups in total. The van der Waals surface area contributed by atoms with Crippen LogP contribution in [0.1, 0.15) is 17.3 Å². The highest BCUT2D eigenvalue weighted by Crippen LogP contribution is 2.30. The number of anilines is 1. The van der Waals surface area contributed by atoms with Gasteiger partial charge in [-0.25, -0.2) is 8.78 Å². The molecule has 0 aliphatic carbocycles. The first kappa shape index (κ1) is 19.1. The third-order valence-electron chi connectivity index (χ3n) is 3.25. The molecule has 1 heterocycles. The number of nitrogens with one attached hydrogen (secondary N) is 1. The van der Waals surface area contributed by atoms with E-state index in [-0.39, 0.29) is 11.7 Å². The van der Waals surface area contributed by atoms with E-state index < -0.39 is 23.2 Å². The van der Waals surface area contributed by atoms with Crippen molar-refractivity contribution in [1.82, 2.24) is 4.98 Å². The standard InChI is InChI=1S/C17H18F2N2O3S/c1-10(9-23-2)24-14-6-11(4-5-15(14)25-3)17(22)21-16-12(18)7-20-8-13(16)19/h4-8,10H,9H2,1-3H3,(H,20,21,22). The van der Waals surface area contributed by atoms with Crippen LogP contribution in [0.25, 0.3) is 0 Å². The molecule has 0 bridgehead atoms. The number of hydrogen-bond donors (Lipinski definition) is 1. The Balaban J connectivity index is 2.25. The third-order valence-corrected chi connectivity index (χ3v) is 4.02. The number of methoxy groups -OCH3 is 1. The van der Waals surface area contributed by atoms with E-state index in [2.05, 4.69) is 10.3 Å². The highest BCUT2D eigenvalue weighted by molar-refractivity contribution is 7.98. The van der Waals surface area contributed by atoms with Gasteiger partial charge in [-0.1, -0.05) is 0 Å². The van der Waals surface area contributed by atoms with E-state index in [1.54, 1.807) is 19.2 Å². The van der Waals surface area contributed by atoms with Crippen molar-refractivity contribution in [3.63, 3.8) is 0 Å². The van der Waals surface area contributed by atoms with Crippen LogP contribution in [0.3, 0.4) is 0 Å². The van der Waals surface area contributed by atoms with E-state index in [1.807, 2.05) is 13.2 Å². The average molecular weight is 368 g/mol. The lowest BCUT2D eigenvalue weighted by atomic mass is 10.2. The quantitative estimate of drug-likeness (QED) is 0.755. The molecule has 2 rings (SSSR count). The molecule has 1 atom stereocenters. The molecule has 2 aromatic rings. The first-order valence-corrected chi connectivity index (χ1v) is 8.62. The van der Waals surface area contributed by atoms with E-state index >= 15 is 0 Å². The number of nitrogens with zero attached hydrogens (tertiary/aromatic N) is 1. The van der Waals surface area contributed by atoms with Crippen molar-refractivity contribution in [1.29, 1.82) is 0 Å². The Kier molecular flexibility index (Phi) is 6.72. The Bertz CT molecular complexity index is 738. The molecule has 0 saturated carbocycles. The van der Waals surface area contributed by atoms with E-state index in [0.717, 1.165) is 17.3 Å². The zero-order chi connectivity index (χ0) is 18.4. The van der Waals surface area contributed by atoms with E-state index in [0.29, 0.717) is 12.4 Å². The zero-order valence-electron chi connectivity index (χ0n) is 14.0. The summed E-state index contributed by atoms with van der Waals surface area (Å²) in [4.78, 5) is 16.5. The van der Waals surface area contributed by atoms with E-state index in [1.165, 1.54) is 17.8 Å². The molecule has 25 heavy (non-hydrogen) atoms. The minimum Gasteiger partial charge on any atom is -0.487 e. The van der Waals surface area contributed by atoms with Gasteiger partial charge in [0.2, 0.25) is 0 Å². The Hall–Kier alpha value is -2.19. The molecule has 0 radical (unpaired) electrons. The number of hydrogen-bond acceptors (Lipinski definition) is 5. The van der Waals surface area contributed by atoms with Gasteiger partial charge in [0.05, 0.1) is 19.0 Å². The molecule has 1 amide bonds. The summed E-state index contributed by atoms with van der Waals surface area (Å²) in [5.74, 6) is -2.04. The fraction of sp³-hybridized carbons (Fsp3) is 0.294. The lowest BCUT2D eigenvalue weighted by Crippen LogP contribution is -2.19. The molecule has 0 aliphatic rings. The topological polar surface area (TPSA) is 60.5 Å². The fourth-order valence-electron chi connectivity index (χ4n) is 2.11. The predicted molar refractivity (Wildman–Crippen MR) is 92.3 cm³/mol. The Morgan fingerprint density at radius 3 is 2.60 bits per heavy atom. The van der Waals surface area contributed by atoms with Crippen molar-refractivity contribution in [2.45, 2.75) is 17.9 Å². The molecule has 0 aliphatic heterocycles. The van der Waals surface area contributed by atoms with Crippen molar-refractivity contribution in [3.8, 4) is 5.75 Å². The molecule has 1 unspecified atom stereocenters. The van der Waals surface area contributed by atoms with Gasteiger partial charge in [-0.05, 0) is 31.4 Å². The van der Waals surface area contributed by atoms with Crippen LogP contribution < -0.4 is 10.1 Å². The highest BCUT2D eigenvalue weighted by atomic mass is 32.2. The van der Waals surface area contributed by atoms with Crippen molar-refractivity contribution in [2.24, 2.45) is 0 Å². The Morgan fingerprint density at radius 2 is 2.00 bits per heavy atom. The molecule has 8 heteroatoms. The number of halogens is 2. The fourth-order valence-corrected chi connectivity index (χ4v) is 2.62. The van der Waals surface area contributed by atoms with Crippen LogP contribution in [-0.4, -0.2) is 37.0 Å². The Morgan fingerprint density at radius 1 is 1.32 bits per heavy atom. The van der Waals surface area contributed by atoms with Crippen LogP contribution in [0.4, 0.5) is 14.5 Å². The lowest BCUT2D eigenvalue weighted by Gasteiger charge is -2.17. The van der Waals surface area contributed by atoms with Gasteiger partial charge in [0.1, 0.15) is 17.5 Å². The zero-order valence-corrected chi connectivity index (χ0v) is 14.8. The summed E-state index contributed by atoms with van der Waals surface area (Å²) >= 11 is 1.46. The molecule has 0 saturated heterocycles. The van der Waals surface area contributed by atoms with Gasteiger partial charge in [-0.3, -0.25) is 9.78 Å². The second kappa shape index (κ2) is 8.77. The normalized spacial score (nSPS) is 11.9. The van der Waals surface area contributed by atoms with Crippen LogP contribution in [0.5, 0.6) is 5.75 Å². The summed E-state index contributed by atoms with van der Waals surface area (Å²) in [7, 11) is 1.57. The average Bonchev–Trinajstić information content (AvgIpc) is 2.58. The summed E-state index contributed by atoms with van der Waals surface area (Å²) < 4.78 is 38.1. The maximum absolute atomic E-state index is 13.6. The number of aromatic nitrogens is 1. The van der Waals surface area contributed by atoms with Crippen LogP contribution in [-0.2, 0) is 4.74 Å². The maximum Gasteiger partial charge on any atom is 0.255 e. The lowest BCUT2D eigenvalue weighted by molar-refractivity contribution is 0.0899. The van der Waals surface area contributed by atoms with Crippen LogP contribution >= 0.6 is 11.8 Å². The van der Waals surface area contributed by atoms with Crippen LogP contribution in [0.15, 0.2) is 35.5 Å². The monoisotopic (exact) mass is 368 g/mol. The van der Waals surface area contributed by atoms with Gasteiger partial charge in [-0.15, -0.1) is 11.8 Å². The number of amides is 1. The molecule has 134 valence electrons. The molecule has 0 fully saturated rings. The number of pyridine rings is 1. The predicted octanol–water partition coefficient (Wildman–Crippen LogP) is 3.75. The smallest absolute Gasteiger partial charge is 0.255 e.